The van der Waals surface area contributed by atoms with Crippen molar-refractivity contribution in [3.63, 3.8) is 0 Å². The van der Waals surface area contributed by atoms with E-state index in [0.717, 1.165) is 0 Å². The van der Waals surface area contributed by atoms with E-state index in [0.29, 0.717) is 15.8 Å². The van der Waals surface area contributed by atoms with E-state index in [4.69, 9.17) is 27.9 Å². The average Bonchev–Trinajstić information content (AvgIpc) is 2.20. The molecule has 1 N–H and O–H groups in total. The monoisotopic (exact) mass is 301 g/mol. The second kappa shape index (κ2) is 6.50. The van der Waals surface area contributed by atoms with Gasteiger partial charge in [-0.3, -0.25) is 0 Å². The minimum Gasteiger partial charge on any atom is -0.488 e. The topological polar surface area (TPSA) is 21.3 Å². The largest absolute Gasteiger partial charge is 0.488 e. The molecule has 0 saturated heterocycles. The minimum absolute atomic E-state index is 0.0679. The number of ether oxygens (including phenoxy) is 1. The van der Waals surface area contributed by atoms with Crippen LogP contribution in [0.4, 0.5) is 13.2 Å². The molecule has 1 aromatic rings. The molecule has 0 aromatic heterocycles. The molecule has 0 radical (unpaired) electrons. The maximum absolute atomic E-state index is 11.9. The summed E-state index contributed by atoms with van der Waals surface area (Å²) in [5.41, 5.74) is 0. The van der Waals surface area contributed by atoms with Gasteiger partial charge in [-0.15, -0.1) is 0 Å². The normalized spacial score (nSPS) is 13.4. The summed E-state index contributed by atoms with van der Waals surface area (Å²) in [6.07, 6.45) is -4.66. The lowest BCUT2D eigenvalue weighted by molar-refractivity contribution is -0.125. The molecule has 1 aromatic carbocycles. The summed E-state index contributed by atoms with van der Waals surface area (Å²) in [6, 6.07) is 4.68. The Labute approximate surface area is 113 Å². The second-order valence-electron chi connectivity index (χ2n) is 3.75. The van der Waals surface area contributed by atoms with Crippen molar-refractivity contribution in [2.75, 3.05) is 13.1 Å². The SMILES string of the molecule is CC(CNCC(F)(F)F)Oc1ccc(Cl)cc1Cl. The van der Waals surface area contributed by atoms with Gasteiger partial charge in [0, 0.05) is 11.6 Å². The van der Waals surface area contributed by atoms with Gasteiger partial charge in [0.1, 0.15) is 11.9 Å². The molecular weight excluding hydrogens is 290 g/mol. The zero-order valence-electron chi connectivity index (χ0n) is 9.52. The molecule has 102 valence electrons. The van der Waals surface area contributed by atoms with Gasteiger partial charge in [-0.25, -0.2) is 0 Å². The molecule has 7 heteroatoms. The third kappa shape index (κ3) is 5.80. The van der Waals surface area contributed by atoms with Crippen molar-refractivity contribution in [1.82, 2.24) is 5.32 Å². The predicted octanol–water partition coefficient (Wildman–Crippen LogP) is 3.91. The standard InChI is InChI=1S/C11H12Cl2F3NO/c1-7(5-17-6-11(14,15)16)18-10-3-2-8(12)4-9(10)13/h2-4,7,17H,5-6H2,1H3. The molecule has 1 rings (SSSR count). The van der Waals surface area contributed by atoms with Crippen LogP contribution in [0.2, 0.25) is 10.0 Å². The Morgan fingerprint density at radius 2 is 2.00 bits per heavy atom. The molecule has 0 aliphatic carbocycles. The Morgan fingerprint density at radius 1 is 1.33 bits per heavy atom. The molecule has 0 aliphatic heterocycles. The number of benzene rings is 1. The molecule has 0 aliphatic rings. The zero-order valence-corrected chi connectivity index (χ0v) is 11.0. The first-order valence-corrected chi connectivity index (χ1v) is 5.92. The second-order valence-corrected chi connectivity index (χ2v) is 4.59. The quantitative estimate of drug-likeness (QED) is 0.890. The van der Waals surface area contributed by atoms with Crippen LogP contribution in [0, 0.1) is 0 Å². The van der Waals surface area contributed by atoms with Crippen molar-refractivity contribution in [2.45, 2.75) is 19.2 Å². The molecule has 0 saturated carbocycles. The number of nitrogens with one attached hydrogen (secondary N) is 1. The Hall–Kier alpha value is -0.650. The van der Waals surface area contributed by atoms with E-state index in [1.807, 2.05) is 0 Å². The molecule has 18 heavy (non-hydrogen) atoms. The number of hydrogen-bond donors (Lipinski definition) is 1. The van der Waals surface area contributed by atoms with Gasteiger partial charge in [-0.1, -0.05) is 23.2 Å². The molecule has 0 fully saturated rings. The Kier molecular flexibility index (Phi) is 5.56. The van der Waals surface area contributed by atoms with Gasteiger partial charge < -0.3 is 10.1 Å². The highest BCUT2D eigenvalue weighted by Gasteiger charge is 2.26. The van der Waals surface area contributed by atoms with Gasteiger partial charge in [0.05, 0.1) is 11.6 Å². The van der Waals surface area contributed by atoms with Crippen LogP contribution >= 0.6 is 23.2 Å². The highest BCUT2D eigenvalue weighted by Crippen LogP contribution is 2.28. The first kappa shape index (κ1) is 15.4. The van der Waals surface area contributed by atoms with E-state index in [-0.39, 0.29) is 6.54 Å². The van der Waals surface area contributed by atoms with Crippen LogP contribution < -0.4 is 10.1 Å². The van der Waals surface area contributed by atoms with Crippen LogP contribution in [0.25, 0.3) is 0 Å². The highest BCUT2D eigenvalue weighted by atomic mass is 35.5. The predicted molar refractivity (Wildman–Crippen MR) is 65.5 cm³/mol. The lowest BCUT2D eigenvalue weighted by Gasteiger charge is -2.17. The lowest BCUT2D eigenvalue weighted by Crippen LogP contribution is -2.35. The van der Waals surface area contributed by atoms with E-state index >= 15 is 0 Å². The van der Waals surface area contributed by atoms with E-state index in [2.05, 4.69) is 5.32 Å². The fraction of sp³-hybridized carbons (Fsp3) is 0.455. The van der Waals surface area contributed by atoms with E-state index < -0.39 is 18.8 Å². The molecule has 2 nitrogen and oxygen atoms in total. The Balaban J connectivity index is 2.42. The molecule has 0 heterocycles. The van der Waals surface area contributed by atoms with Gasteiger partial charge in [-0.2, -0.15) is 13.2 Å². The maximum atomic E-state index is 11.9. The molecule has 0 spiro atoms. The molecule has 1 atom stereocenters. The number of hydrogen-bond acceptors (Lipinski definition) is 2. The van der Waals surface area contributed by atoms with Crippen molar-refractivity contribution in [3.8, 4) is 5.75 Å². The van der Waals surface area contributed by atoms with Crippen LogP contribution in [-0.4, -0.2) is 25.4 Å². The number of rotatable bonds is 5. The molecule has 1 unspecified atom stereocenters. The fourth-order valence-corrected chi connectivity index (χ4v) is 1.70. The van der Waals surface area contributed by atoms with Gasteiger partial charge in [-0.05, 0) is 25.1 Å². The summed E-state index contributed by atoms with van der Waals surface area (Å²) < 4.78 is 41.1. The number of alkyl halides is 3. The van der Waals surface area contributed by atoms with Crippen molar-refractivity contribution in [3.05, 3.63) is 28.2 Å². The van der Waals surface area contributed by atoms with Crippen LogP contribution in [0.15, 0.2) is 18.2 Å². The van der Waals surface area contributed by atoms with E-state index in [1.54, 1.807) is 19.1 Å². The van der Waals surface area contributed by atoms with E-state index in [1.165, 1.54) is 6.07 Å². The van der Waals surface area contributed by atoms with Crippen molar-refractivity contribution in [1.29, 1.82) is 0 Å². The van der Waals surface area contributed by atoms with Crippen molar-refractivity contribution >= 4 is 23.2 Å². The van der Waals surface area contributed by atoms with Gasteiger partial charge in [0.25, 0.3) is 0 Å². The van der Waals surface area contributed by atoms with Crippen LogP contribution in [-0.2, 0) is 0 Å². The Bertz CT molecular complexity index is 398. The fourth-order valence-electron chi connectivity index (χ4n) is 1.25. The summed E-state index contributed by atoms with van der Waals surface area (Å²) >= 11 is 11.6. The summed E-state index contributed by atoms with van der Waals surface area (Å²) in [6.45, 7) is 0.668. The van der Waals surface area contributed by atoms with Gasteiger partial charge >= 0.3 is 6.18 Å². The third-order valence-electron chi connectivity index (χ3n) is 1.98. The molecule has 0 bridgehead atoms. The minimum atomic E-state index is -4.22. The highest BCUT2D eigenvalue weighted by molar-refractivity contribution is 6.35. The summed E-state index contributed by atoms with van der Waals surface area (Å²) in [5.74, 6) is 0.391. The molecule has 0 amide bonds. The lowest BCUT2D eigenvalue weighted by atomic mass is 10.3. The van der Waals surface area contributed by atoms with E-state index in [9.17, 15) is 13.2 Å². The first-order chi connectivity index (χ1) is 8.28. The number of halogens is 5. The van der Waals surface area contributed by atoms with Gasteiger partial charge in [0.2, 0.25) is 0 Å². The van der Waals surface area contributed by atoms with Gasteiger partial charge in [0.15, 0.2) is 0 Å². The van der Waals surface area contributed by atoms with Crippen LogP contribution in [0.1, 0.15) is 6.92 Å². The van der Waals surface area contributed by atoms with Crippen molar-refractivity contribution < 1.29 is 17.9 Å². The van der Waals surface area contributed by atoms with Crippen LogP contribution in [0.5, 0.6) is 5.75 Å². The smallest absolute Gasteiger partial charge is 0.401 e. The zero-order chi connectivity index (χ0) is 13.8. The maximum Gasteiger partial charge on any atom is 0.401 e. The summed E-state index contributed by atoms with van der Waals surface area (Å²) in [5, 5.41) is 3.05. The third-order valence-corrected chi connectivity index (χ3v) is 2.51. The van der Waals surface area contributed by atoms with Crippen molar-refractivity contribution in [2.24, 2.45) is 0 Å². The van der Waals surface area contributed by atoms with Crippen LogP contribution in [0.3, 0.4) is 0 Å². The Morgan fingerprint density at radius 3 is 2.56 bits per heavy atom. The summed E-state index contributed by atoms with van der Waals surface area (Å²) in [7, 11) is 0. The first-order valence-electron chi connectivity index (χ1n) is 5.17. The summed E-state index contributed by atoms with van der Waals surface area (Å²) in [4.78, 5) is 0. The molecular formula is C11H12Cl2F3NO. The average molecular weight is 302 g/mol.